The van der Waals surface area contributed by atoms with Crippen molar-refractivity contribution < 1.29 is 4.79 Å². The molecular weight excluding hydrogens is 358 g/mol. The van der Waals surface area contributed by atoms with Crippen molar-refractivity contribution in [1.82, 2.24) is 9.97 Å². The van der Waals surface area contributed by atoms with Gasteiger partial charge >= 0.3 is 0 Å². The van der Waals surface area contributed by atoms with Crippen LogP contribution in [0.2, 0.25) is 0 Å². The van der Waals surface area contributed by atoms with E-state index in [2.05, 4.69) is 26.7 Å². The van der Waals surface area contributed by atoms with E-state index in [0.29, 0.717) is 5.13 Å². The molecule has 3 aromatic rings. The molecular formula is C17H17N3OS3. The number of nitrogens with one attached hydrogen (secondary N) is 1. The van der Waals surface area contributed by atoms with E-state index >= 15 is 0 Å². The van der Waals surface area contributed by atoms with Crippen molar-refractivity contribution in [2.75, 3.05) is 5.32 Å². The number of aryl methyl sites for hydroxylation is 3. The fraction of sp³-hybridized carbons (Fsp3) is 0.353. The Hall–Kier alpha value is -1.57. The molecule has 4 nitrogen and oxygen atoms in total. The molecule has 1 aliphatic rings. The summed E-state index contributed by atoms with van der Waals surface area (Å²) in [5, 5.41) is 8.80. The monoisotopic (exact) mass is 375 g/mol. The van der Waals surface area contributed by atoms with E-state index in [0.717, 1.165) is 40.5 Å². The van der Waals surface area contributed by atoms with Gasteiger partial charge in [-0.2, -0.15) is 0 Å². The second-order valence-corrected chi connectivity index (χ2v) is 8.98. The molecule has 0 aromatic carbocycles. The van der Waals surface area contributed by atoms with Crippen molar-refractivity contribution in [3.63, 3.8) is 0 Å². The molecule has 0 fully saturated rings. The second-order valence-electron chi connectivity index (χ2n) is 5.92. The smallest absolute Gasteiger partial charge is 0.233 e. The maximum absolute atomic E-state index is 12.7. The van der Waals surface area contributed by atoms with E-state index in [1.165, 1.54) is 21.8 Å². The molecule has 4 rings (SSSR count). The fourth-order valence-electron chi connectivity index (χ4n) is 3.16. The molecule has 0 bridgehead atoms. The Morgan fingerprint density at radius 2 is 2.17 bits per heavy atom. The molecule has 1 N–H and O–H groups in total. The summed E-state index contributed by atoms with van der Waals surface area (Å²) in [7, 11) is 0. The molecule has 0 saturated carbocycles. The Balaban J connectivity index is 1.53. The van der Waals surface area contributed by atoms with Gasteiger partial charge in [-0.3, -0.25) is 4.79 Å². The summed E-state index contributed by atoms with van der Waals surface area (Å²) in [6.07, 6.45) is 3.09. The molecule has 7 heteroatoms. The number of rotatable bonds is 3. The van der Waals surface area contributed by atoms with Crippen molar-refractivity contribution in [1.29, 1.82) is 0 Å². The van der Waals surface area contributed by atoms with Crippen LogP contribution in [0.25, 0.3) is 10.6 Å². The topological polar surface area (TPSA) is 54.9 Å². The predicted octanol–water partition coefficient (Wildman–Crippen LogP) is 5.00. The average Bonchev–Trinajstić information content (AvgIpc) is 3.26. The lowest BCUT2D eigenvalue weighted by Gasteiger charge is -2.21. The first-order chi connectivity index (χ1) is 11.6. The van der Waals surface area contributed by atoms with Crippen LogP contribution in [0.4, 0.5) is 5.13 Å². The number of hydrogen-bond donors (Lipinski definition) is 1. The standard InChI is InChI=1S/C17H17N3OS3/c1-9-15(24-10(2)18-9)13-8-23-17(19-13)20-16(21)12-4-3-5-14-11(12)6-7-22-14/h6-8,12H,3-5H2,1-2H3,(H,19,20,21). The molecule has 0 aliphatic heterocycles. The number of anilines is 1. The van der Waals surface area contributed by atoms with E-state index in [1.807, 2.05) is 19.2 Å². The zero-order valence-electron chi connectivity index (χ0n) is 13.5. The van der Waals surface area contributed by atoms with E-state index in [9.17, 15) is 4.79 Å². The van der Waals surface area contributed by atoms with E-state index in [1.54, 1.807) is 22.7 Å². The van der Waals surface area contributed by atoms with Gasteiger partial charge in [0.25, 0.3) is 0 Å². The van der Waals surface area contributed by atoms with Crippen LogP contribution in [-0.2, 0) is 11.2 Å². The minimum Gasteiger partial charge on any atom is -0.301 e. The van der Waals surface area contributed by atoms with Gasteiger partial charge in [0.15, 0.2) is 5.13 Å². The number of thiazole rings is 2. The summed E-state index contributed by atoms with van der Waals surface area (Å²) in [6, 6.07) is 2.10. The second kappa shape index (κ2) is 6.38. The zero-order valence-corrected chi connectivity index (χ0v) is 15.9. The van der Waals surface area contributed by atoms with Crippen molar-refractivity contribution >= 4 is 45.0 Å². The Kier molecular flexibility index (Phi) is 4.24. The molecule has 3 aromatic heterocycles. The van der Waals surface area contributed by atoms with E-state index < -0.39 is 0 Å². The summed E-state index contributed by atoms with van der Waals surface area (Å²) in [5.74, 6) is 0.0205. The van der Waals surface area contributed by atoms with Crippen LogP contribution in [-0.4, -0.2) is 15.9 Å². The van der Waals surface area contributed by atoms with E-state index in [4.69, 9.17) is 0 Å². The van der Waals surface area contributed by atoms with Crippen LogP contribution in [0.3, 0.4) is 0 Å². The molecule has 1 amide bonds. The number of aromatic nitrogens is 2. The molecule has 3 heterocycles. The predicted molar refractivity (Wildman–Crippen MR) is 101 cm³/mol. The molecule has 24 heavy (non-hydrogen) atoms. The first kappa shape index (κ1) is 15.9. The van der Waals surface area contributed by atoms with Crippen LogP contribution in [0.1, 0.15) is 39.9 Å². The highest BCUT2D eigenvalue weighted by Gasteiger charge is 2.28. The lowest BCUT2D eigenvalue weighted by Crippen LogP contribution is -2.23. The van der Waals surface area contributed by atoms with Crippen molar-refractivity contribution in [2.45, 2.75) is 39.0 Å². The maximum Gasteiger partial charge on any atom is 0.233 e. The number of carbonyl (C=O) groups excluding carboxylic acids is 1. The molecule has 1 atom stereocenters. The Morgan fingerprint density at radius 1 is 1.29 bits per heavy atom. The third kappa shape index (κ3) is 2.92. The molecule has 1 unspecified atom stereocenters. The Morgan fingerprint density at radius 3 is 2.96 bits per heavy atom. The van der Waals surface area contributed by atoms with Crippen molar-refractivity contribution in [3.8, 4) is 10.6 Å². The Labute approximate surface area is 152 Å². The Bertz CT molecular complexity index is 893. The van der Waals surface area contributed by atoms with Crippen LogP contribution < -0.4 is 5.32 Å². The normalized spacial score (nSPS) is 16.8. The number of amides is 1. The van der Waals surface area contributed by atoms with E-state index in [-0.39, 0.29) is 11.8 Å². The van der Waals surface area contributed by atoms with Gasteiger partial charge in [0.05, 0.1) is 27.2 Å². The minimum atomic E-state index is -0.0419. The number of thiophene rings is 1. The van der Waals surface area contributed by atoms with Crippen LogP contribution in [0.15, 0.2) is 16.8 Å². The van der Waals surface area contributed by atoms with Crippen molar-refractivity contribution in [2.24, 2.45) is 0 Å². The fourth-order valence-corrected chi connectivity index (χ4v) is 5.80. The van der Waals surface area contributed by atoms with Gasteiger partial charge in [0, 0.05) is 10.3 Å². The zero-order chi connectivity index (χ0) is 16.7. The highest BCUT2D eigenvalue weighted by atomic mass is 32.1. The summed E-state index contributed by atoms with van der Waals surface area (Å²) < 4.78 is 0. The quantitative estimate of drug-likeness (QED) is 0.700. The summed E-state index contributed by atoms with van der Waals surface area (Å²) in [6.45, 7) is 3.99. The van der Waals surface area contributed by atoms with Gasteiger partial charge in [-0.05, 0) is 50.1 Å². The molecule has 0 saturated heterocycles. The molecule has 0 radical (unpaired) electrons. The van der Waals surface area contributed by atoms with Gasteiger partial charge in [-0.1, -0.05) is 0 Å². The SMILES string of the molecule is Cc1nc(C)c(-c2csc(NC(=O)C3CCCc4sccc43)n2)s1. The van der Waals surface area contributed by atoms with Gasteiger partial charge in [-0.25, -0.2) is 9.97 Å². The highest BCUT2D eigenvalue weighted by Crippen LogP contribution is 2.36. The number of hydrogen-bond acceptors (Lipinski definition) is 6. The van der Waals surface area contributed by atoms with Gasteiger partial charge in [0.2, 0.25) is 5.91 Å². The first-order valence-electron chi connectivity index (χ1n) is 7.89. The van der Waals surface area contributed by atoms with Crippen LogP contribution in [0, 0.1) is 13.8 Å². The number of nitrogens with zero attached hydrogens (tertiary/aromatic N) is 2. The van der Waals surface area contributed by atoms with Gasteiger partial charge in [-0.15, -0.1) is 34.0 Å². The summed E-state index contributed by atoms with van der Waals surface area (Å²) >= 11 is 4.88. The maximum atomic E-state index is 12.7. The molecule has 1 aliphatic carbocycles. The third-order valence-electron chi connectivity index (χ3n) is 4.24. The highest BCUT2D eigenvalue weighted by molar-refractivity contribution is 7.17. The van der Waals surface area contributed by atoms with Crippen LogP contribution >= 0.6 is 34.0 Å². The third-order valence-corrected chi connectivity index (χ3v) is 7.09. The van der Waals surface area contributed by atoms with Gasteiger partial charge in [0.1, 0.15) is 0 Å². The largest absolute Gasteiger partial charge is 0.301 e. The summed E-state index contributed by atoms with van der Waals surface area (Å²) in [4.78, 5) is 24.2. The van der Waals surface area contributed by atoms with Gasteiger partial charge < -0.3 is 5.32 Å². The average molecular weight is 376 g/mol. The lowest BCUT2D eigenvalue weighted by molar-refractivity contribution is -0.117. The molecule has 0 spiro atoms. The first-order valence-corrected chi connectivity index (χ1v) is 10.5. The van der Waals surface area contributed by atoms with Crippen LogP contribution in [0.5, 0.6) is 0 Å². The minimum absolute atomic E-state index is 0.0419. The van der Waals surface area contributed by atoms with Crippen molar-refractivity contribution in [3.05, 3.63) is 38.0 Å². The molecule has 124 valence electrons. The summed E-state index contributed by atoms with van der Waals surface area (Å²) in [5.41, 5.74) is 3.10. The number of carbonyl (C=O) groups is 1. The number of fused-ring (bicyclic) bond motifs is 1. The lowest BCUT2D eigenvalue weighted by atomic mass is 9.87.